The van der Waals surface area contributed by atoms with Crippen LogP contribution in [0.1, 0.15) is 18.5 Å². The molecule has 0 bridgehead atoms. The van der Waals surface area contributed by atoms with Crippen LogP contribution in [0.15, 0.2) is 24.4 Å². The number of halogens is 1. The van der Waals surface area contributed by atoms with Crippen molar-refractivity contribution >= 4 is 5.78 Å². The SMILES string of the molecule is Cc1cccc[n+]1CC(=O)C1CCOCC1.[Br-]. The summed E-state index contributed by atoms with van der Waals surface area (Å²) in [7, 11) is 0. The maximum atomic E-state index is 12.0. The normalized spacial score (nSPS) is 16.3. The first-order chi connectivity index (χ1) is 7.77. The molecule has 0 saturated carbocycles. The first-order valence-corrected chi connectivity index (χ1v) is 5.83. The summed E-state index contributed by atoms with van der Waals surface area (Å²) in [5, 5.41) is 0. The minimum atomic E-state index is 0. The van der Waals surface area contributed by atoms with Crippen molar-refractivity contribution in [1.29, 1.82) is 0 Å². The number of ketones is 1. The monoisotopic (exact) mass is 299 g/mol. The highest BCUT2D eigenvalue weighted by molar-refractivity contribution is 5.79. The third-order valence-corrected chi connectivity index (χ3v) is 3.17. The number of carbonyl (C=O) groups excluding carboxylic acids is 1. The zero-order valence-electron chi connectivity index (χ0n) is 10.1. The number of aromatic nitrogens is 1. The fourth-order valence-electron chi connectivity index (χ4n) is 2.06. The lowest BCUT2D eigenvalue weighted by atomic mass is 9.95. The number of nitrogens with zero attached hydrogens (tertiary/aromatic N) is 1. The molecule has 1 aliphatic rings. The van der Waals surface area contributed by atoms with Gasteiger partial charge < -0.3 is 21.7 Å². The summed E-state index contributed by atoms with van der Waals surface area (Å²) in [5.41, 5.74) is 1.13. The van der Waals surface area contributed by atoms with E-state index in [9.17, 15) is 4.79 Å². The zero-order chi connectivity index (χ0) is 11.4. The van der Waals surface area contributed by atoms with Gasteiger partial charge in [0.2, 0.25) is 12.3 Å². The van der Waals surface area contributed by atoms with Gasteiger partial charge in [-0.1, -0.05) is 6.07 Å². The molecule has 2 heterocycles. The van der Waals surface area contributed by atoms with E-state index in [1.54, 1.807) is 0 Å². The van der Waals surface area contributed by atoms with Gasteiger partial charge in [-0.2, -0.15) is 4.57 Å². The molecule has 1 aromatic rings. The molecule has 0 amide bonds. The van der Waals surface area contributed by atoms with E-state index in [-0.39, 0.29) is 22.9 Å². The van der Waals surface area contributed by atoms with E-state index in [0.717, 1.165) is 31.7 Å². The van der Waals surface area contributed by atoms with Gasteiger partial charge in [0.05, 0.1) is 0 Å². The van der Waals surface area contributed by atoms with Crippen LogP contribution in [0, 0.1) is 12.8 Å². The van der Waals surface area contributed by atoms with Crippen molar-refractivity contribution in [3.05, 3.63) is 30.1 Å². The minimum absolute atomic E-state index is 0. The Kier molecular flexibility index (Phi) is 5.78. The number of aryl methyl sites for hydroxylation is 1. The molecule has 1 aliphatic heterocycles. The van der Waals surface area contributed by atoms with Crippen LogP contribution < -0.4 is 21.5 Å². The molecule has 0 atom stereocenters. The number of rotatable bonds is 3. The maximum absolute atomic E-state index is 12.0. The van der Waals surface area contributed by atoms with Crippen LogP contribution in [0.4, 0.5) is 0 Å². The summed E-state index contributed by atoms with van der Waals surface area (Å²) in [4.78, 5) is 12.0. The van der Waals surface area contributed by atoms with E-state index < -0.39 is 0 Å². The molecule has 17 heavy (non-hydrogen) atoms. The van der Waals surface area contributed by atoms with Gasteiger partial charge in [-0.3, -0.25) is 4.79 Å². The molecular weight excluding hydrogens is 282 g/mol. The molecule has 1 aromatic heterocycles. The number of ether oxygens (including phenoxy) is 1. The lowest BCUT2D eigenvalue weighted by Crippen LogP contribution is -3.00. The minimum Gasteiger partial charge on any atom is -1.00 e. The topological polar surface area (TPSA) is 30.2 Å². The van der Waals surface area contributed by atoms with Crippen LogP contribution in [0.25, 0.3) is 0 Å². The first kappa shape index (κ1) is 14.3. The lowest BCUT2D eigenvalue weighted by molar-refractivity contribution is -0.690. The lowest BCUT2D eigenvalue weighted by Gasteiger charge is -2.19. The van der Waals surface area contributed by atoms with Crippen LogP contribution >= 0.6 is 0 Å². The Labute approximate surface area is 113 Å². The van der Waals surface area contributed by atoms with Crippen molar-refractivity contribution < 1.29 is 31.1 Å². The first-order valence-electron chi connectivity index (χ1n) is 5.83. The predicted octanol–water partition coefficient (Wildman–Crippen LogP) is -1.72. The summed E-state index contributed by atoms with van der Waals surface area (Å²) in [6, 6.07) is 5.98. The smallest absolute Gasteiger partial charge is 0.206 e. The van der Waals surface area contributed by atoms with Crippen molar-refractivity contribution in [3.63, 3.8) is 0 Å². The highest BCUT2D eigenvalue weighted by Crippen LogP contribution is 2.15. The zero-order valence-corrected chi connectivity index (χ0v) is 11.6. The standard InChI is InChI=1S/C13H18NO2.BrH/c1-11-4-2-3-7-14(11)10-13(15)12-5-8-16-9-6-12;/h2-4,7,12H,5-6,8-10H2,1H3;1H/q+1;/p-1. The van der Waals surface area contributed by atoms with Crippen LogP contribution in [0.3, 0.4) is 0 Å². The molecule has 1 fully saturated rings. The van der Waals surface area contributed by atoms with Gasteiger partial charge >= 0.3 is 0 Å². The van der Waals surface area contributed by atoms with Gasteiger partial charge in [-0.25, -0.2) is 0 Å². The second kappa shape index (κ2) is 6.87. The van der Waals surface area contributed by atoms with Gasteiger partial charge in [-0.05, 0) is 12.8 Å². The number of Topliss-reactive ketones (excluding diaryl/α,β-unsaturated/α-hetero) is 1. The predicted molar refractivity (Wildman–Crippen MR) is 59.9 cm³/mol. The van der Waals surface area contributed by atoms with Crippen molar-refractivity contribution in [2.75, 3.05) is 13.2 Å². The second-order valence-corrected chi connectivity index (χ2v) is 4.32. The third kappa shape index (κ3) is 3.89. The fraction of sp³-hybridized carbons (Fsp3) is 0.538. The average molecular weight is 300 g/mol. The number of hydrogen-bond acceptors (Lipinski definition) is 2. The summed E-state index contributed by atoms with van der Waals surface area (Å²) < 4.78 is 7.28. The molecule has 2 rings (SSSR count). The molecule has 0 radical (unpaired) electrons. The van der Waals surface area contributed by atoms with Crippen LogP contribution in [-0.2, 0) is 16.1 Å². The van der Waals surface area contributed by atoms with Gasteiger partial charge in [0.25, 0.3) is 0 Å². The van der Waals surface area contributed by atoms with Crippen LogP contribution in [0.2, 0.25) is 0 Å². The van der Waals surface area contributed by atoms with Crippen molar-refractivity contribution in [2.45, 2.75) is 26.3 Å². The summed E-state index contributed by atoms with van der Waals surface area (Å²) in [6.07, 6.45) is 3.73. The van der Waals surface area contributed by atoms with Crippen molar-refractivity contribution in [2.24, 2.45) is 5.92 Å². The van der Waals surface area contributed by atoms with E-state index in [0.29, 0.717) is 12.3 Å². The Morgan fingerprint density at radius 3 is 2.76 bits per heavy atom. The summed E-state index contributed by atoms with van der Waals surface area (Å²) in [5.74, 6) is 0.531. The molecule has 0 aliphatic carbocycles. The Hall–Kier alpha value is -0.740. The van der Waals surface area contributed by atoms with Crippen molar-refractivity contribution in [3.8, 4) is 0 Å². The molecule has 0 spiro atoms. The average Bonchev–Trinajstić information content (AvgIpc) is 2.33. The highest BCUT2D eigenvalue weighted by atomic mass is 79.9. The van der Waals surface area contributed by atoms with E-state index in [1.807, 2.05) is 35.9 Å². The fourth-order valence-corrected chi connectivity index (χ4v) is 2.06. The molecular formula is C13H18BrNO2. The quantitative estimate of drug-likeness (QED) is 0.622. The molecule has 4 heteroatoms. The van der Waals surface area contributed by atoms with E-state index in [4.69, 9.17) is 4.74 Å². The number of pyridine rings is 1. The summed E-state index contributed by atoms with van der Waals surface area (Å²) >= 11 is 0. The third-order valence-electron chi connectivity index (χ3n) is 3.17. The molecule has 0 aromatic carbocycles. The Balaban J connectivity index is 0.00000144. The molecule has 0 unspecified atom stereocenters. The number of carbonyl (C=O) groups is 1. The molecule has 3 nitrogen and oxygen atoms in total. The van der Waals surface area contributed by atoms with Gasteiger partial charge in [-0.15, -0.1) is 0 Å². The van der Waals surface area contributed by atoms with Crippen LogP contribution in [0.5, 0.6) is 0 Å². The van der Waals surface area contributed by atoms with Crippen LogP contribution in [-0.4, -0.2) is 19.0 Å². The molecule has 0 N–H and O–H groups in total. The Bertz CT molecular complexity index is 375. The van der Waals surface area contributed by atoms with E-state index in [1.165, 1.54) is 0 Å². The molecule has 1 saturated heterocycles. The largest absolute Gasteiger partial charge is 1.00 e. The number of hydrogen-bond donors (Lipinski definition) is 0. The maximum Gasteiger partial charge on any atom is 0.206 e. The van der Waals surface area contributed by atoms with E-state index in [2.05, 4.69) is 0 Å². The van der Waals surface area contributed by atoms with Gasteiger partial charge in [0.15, 0.2) is 11.9 Å². The highest BCUT2D eigenvalue weighted by Gasteiger charge is 2.24. The Morgan fingerprint density at radius 1 is 1.41 bits per heavy atom. The van der Waals surface area contributed by atoms with Gasteiger partial charge in [0.1, 0.15) is 0 Å². The van der Waals surface area contributed by atoms with Gasteiger partial charge in [0, 0.05) is 38.2 Å². The van der Waals surface area contributed by atoms with E-state index >= 15 is 0 Å². The van der Waals surface area contributed by atoms with Crippen molar-refractivity contribution in [1.82, 2.24) is 0 Å². The molecule has 94 valence electrons. The summed E-state index contributed by atoms with van der Waals surface area (Å²) in [6.45, 7) is 3.98. The Morgan fingerprint density at radius 2 is 2.12 bits per heavy atom. The second-order valence-electron chi connectivity index (χ2n) is 4.32.